The Balaban J connectivity index is 1.32. The number of aromatic nitrogens is 5. The molecular weight excluding hydrogens is 641 g/mol. The average molecular weight is 681 g/mol. The molecule has 0 aromatic carbocycles. The van der Waals surface area contributed by atoms with Crippen LogP contribution in [0.5, 0.6) is 0 Å². The number of fused-ring (bicyclic) bond motifs is 6. The van der Waals surface area contributed by atoms with Crippen LogP contribution in [0.15, 0.2) is 174 Å². The van der Waals surface area contributed by atoms with Gasteiger partial charge in [0.1, 0.15) is 28.2 Å². The third-order valence-corrected chi connectivity index (χ3v) is 10.2. The van der Waals surface area contributed by atoms with Crippen LogP contribution < -0.4 is 23.6 Å². The first-order chi connectivity index (χ1) is 25.4. The quantitative estimate of drug-likeness (QED) is 0.268. The zero-order chi connectivity index (χ0) is 35.3. The summed E-state index contributed by atoms with van der Waals surface area (Å²) in [6.45, 7) is 0. The number of allylic oxidation sites excluding steroid dienone is 6. The highest BCUT2D eigenvalue weighted by Gasteiger charge is 2.33. The summed E-state index contributed by atoms with van der Waals surface area (Å²) in [7, 11) is 8.17. The molecule has 2 atom stereocenters. The van der Waals surface area contributed by atoms with E-state index < -0.39 is 0 Å². The molecule has 2 N–H and O–H groups in total. The van der Waals surface area contributed by atoms with E-state index in [4.69, 9.17) is 9.98 Å². The number of aryl methyl sites for hydroxylation is 4. The monoisotopic (exact) mass is 680 g/mol. The third-order valence-electron chi connectivity index (χ3n) is 10.2. The Hall–Kier alpha value is -6.54. The van der Waals surface area contributed by atoms with Crippen molar-refractivity contribution < 1.29 is 18.3 Å². The molecule has 0 saturated heterocycles. The largest absolute Gasteiger partial charge is 0.377 e. The van der Waals surface area contributed by atoms with Crippen molar-refractivity contribution >= 4 is 28.1 Å². The van der Waals surface area contributed by atoms with E-state index in [0.29, 0.717) is 0 Å². The summed E-state index contributed by atoms with van der Waals surface area (Å²) >= 11 is 0. The van der Waals surface area contributed by atoms with Crippen LogP contribution in [0.25, 0.3) is 16.7 Å². The molecule has 8 heteroatoms. The number of hydrogen-bond donors (Lipinski definition) is 2. The molecule has 252 valence electrons. The summed E-state index contributed by atoms with van der Waals surface area (Å²) in [5.41, 5.74) is 14.4. The second-order valence-corrected chi connectivity index (χ2v) is 13.9. The number of aromatic amines is 1. The van der Waals surface area contributed by atoms with Gasteiger partial charge in [0.25, 0.3) is 0 Å². The molecule has 4 aliphatic heterocycles. The Labute approximate surface area is 303 Å². The first kappa shape index (κ1) is 31.4. The minimum Gasteiger partial charge on any atom is -0.377 e. The van der Waals surface area contributed by atoms with Crippen molar-refractivity contribution in [3.8, 4) is 0 Å². The molecule has 4 aliphatic rings. The number of nitrogens with zero attached hydrogens (tertiary/aromatic N) is 6. The lowest BCUT2D eigenvalue weighted by Crippen LogP contribution is -2.34. The second kappa shape index (κ2) is 12.7. The van der Waals surface area contributed by atoms with E-state index in [-0.39, 0.29) is 12.0 Å². The lowest BCUT2D eigenvalue weighted by molar-refractivity contribution is -0.671. The predicted molar refractivity (Wildman–Crippen MR) is 202 cm³/mol. The molecule has 0 spiro atoms. The number of nitrogens with one attached hydrogen (secondary N) is 2. The van der Waals surface area contributed by atoms with E-state index in [9.17, 15) is 0 Å². The Bertz CT molecular complexity index is 2480. The predicted octanol–water partition coefficient (Wildman–Crippen LogP) is 4.59. The number of rotatable bonds is 4. The molecule has 8 bridgehead atoms. The van der Waals surface area contributed by atoms with Crippen molar-refractivity contribution in [3.63, 3.8) is 0 Å². The third kappa shape index (κ3) is 5.68. The molecule has 9 heterocycles. The van der Waals surface area contributed by atoms with Crippen molar-refractivity contribution in [1.29, 1.82) is 0 Å². The Morgan fingerprint density at radius 3 is 1.54 bits per heavy atom. The number of pyridine rings is 4. The molecule has 52 heavy (non-hydrogen) atoms. The molecule has 0 aliphatic carbocycles. The van der Waals surface area contributed by atoms with Crippen LogP contribution in [0.1, 0.15) is 39.6 Å². The minimum absolute atomic E-state index is 0.0360. The Morgan fingerprint density at radius 2 is 0.981 bits per heavy atom. The maximum Gasteiger partial charge on any atom is 0.169 e. The van der Waals surface area contributed by atoms with Gasteiger partial charge < -0.3 is 10.3 Å². The van der Waals surface area contributed by atoms with Crippen molar-refractivity contribution in [2.45, 2.75) is 12.0 Å². The SMILES string of the molecule is C[n+]1ccc(/C2=C3\C=CC(N3)C(c3cc[n+](C)cc3)C3=N/C(=C(/c4cc[n+](C)cc4)c4ccc([nH]4)/C(c4cc[n+](C)cc4)=C4/C=CC2=N4)C=C3)cc1. The maximum atomic E-state index is 5.45. The summed E-state index contributed by atoms with van der Waals surface area (Å²) in [5.74, 6) is -0.0389. The van der Waals surface area contributed by atoms with E-state index in [0.717, 1.165) is 73.3 Å². The van der Waals surface area contributed by atoms with Crippen molar-refractivity contribution in [3.05, 3.63) is 197 Å². The molecule has 8 nitrogen and oxygen atoms in total. The van der Waals surface area contributed by atoms with Gasteiger partial charge in [0, 0.05) is 82.3 Å². The minimum atomic E-state index is -0.0389. The van der Waals surface area contributed by atoms with Crippen LogP contribution in [-0.4, -0.2) is 22.4 Å². The van der Waals surface area contributed by atoms with Gasteiger partial charge >= 0.3 is 0 Å². The smallest absolute Gasteiger partial charge is 0.169 e. The van der Waals surface area contributed by atoms with Crippen LogP contribution >= 0.6 is 0 Å². The lowest BCUT2D eigenvalue weighted by atomic mass is 9.88. The highest BCUT2D eigenvalue weighted by Crippen LogP contribution is 2.38. The van der Waals surface area contributed by atoms with Gasteiger partial charge in [0.05, 0.1) is 34.8 Å². The molecule has 5 aromatic rings. The maximum absolute atomic E-state index is 5.45. The van der Waals surface area contributed by atoms with Crippen molar-refractivity contribution in [2.75, 3.05) is 0 Å². The summed E-state index contributed by atoms with van der Waals surface area (Å²) < 4.78 is 8.24. The molecule has 2 unspecified atom stereocenters. The van der Waals surface area contributed by atoms with Gasteiger partial charge in [-0.2, -0.15) is 0 Å². The lowest BCUT2D eigenvalue weighted by Gasteiger charge is -2.24. The Kier molecular flexibility index (Phi) is 7.65. The fourth-order valence-corrected chi connectivity index (χ4v) is 7.45. The van der Waals surface area contributed by atoms with Gasteiger partial charge in [-0.05, 0) is 64.8 Å². The molecule has 5 aromatic heterocycles. The van der Waals surface area contributed by atoms with E-state index in [1.54, 1.807) is 0 Å². The van der Waals surface area contributed by atoms with E-state index in [2.05, 4.69) is 182 Å². The zero-order valence-electron chi connectivity index (χ0n) is 29.7. The van der Waals surface area contributed by atoms with Gasteiger partial charge in [0.2, 0.25) is 0 Å². The standard InChI is InChI=1S/C44H39N8/c1-49-21-13-29(14-22-49)41-33-5-7-35(45-33)42(30-15-23-50(2)24-16-30)37-9-11-39(47-37)44(32-19-27-52(4)28-20-32)40-12-10-38(48-40)43(36-8-6-34(41)46-36)31-17-25-51(3)26-18-31/h5-28,33,41H,1-4H3,(H,46,47,48)/q+3/p+1. The van der Waals surface area contributed by atoms with E-state index in [1.165, 1.54) is 5.56 Å². The van der Waals surface area contributed by atoms with Crippen LogP contribution in [0.2, 0.25) is 0 Å². The number of H-pyrrole nitrogens is 1. The highest BCUT2D eigenvalue weighted by molar-refractivity contribution is 6.32. The van der Waals surface area contributed by atoms with Gasteiger partial charge in [-0.25, -0.2) is 23.3 Å². The number of aliphatic imine (C=N–C) groups is 2. The summed E-state index contributed by atoms with van der Waals surface area (Å²) in [4.78, 5) is 14.7. The molecule has 0 fully saturated rings. The second-order valence-electron chi connectivity index (χ2n) is 13.9. The van der Waals surface area contributed by atoms with Crippen LogP contribution in [0.3, 0.4) is 0 Å². The zero-order valence-corrected chi connectivity index (χ0v) is 29.7. The first-order valence-corrected chi connectivity index (χ1v) is 17.6. The molecule has 0 radical (unpaired) electrons. The van der Waals surface area contributed by atoms with E-state index >= 15 is 0 Å². The molecule has 0 amide bonds. The van der Waals surface area contributed by atoms with Gasteiger partial charge in [0.15, 0.2) is 49.6 Å². The van der Waals surface area contributed by atoms with Gasteiger partial charge in [-0.1, -0.05) is 6.08 Å². The van der Waals surface area contributed by atoms with Crippen LogP contribution in [0.4, 0.5) is 0 Å². The molecule has 0 saturated carbocycles. The molecule has 9 rings (SSSR count). The van der Waals surface area contributed by atoms with Gasteiger partial charge in [-0.3, -0.25) is 4.99 Å². The van der Waals surface area contributed by atoms with Crippen molar-refractivity contribution in [2.24, 2.45) is 38.2 Å². The fraction of sp³-hybridized carbons (Fsp3) is 0.136. The normalized spacial score (nSPS) is 23.2. The molecular formula is C44H40N8+4. The van der Waals surface area contributed by atoms with Crippen LogP contribution in [-0.2, 0) is 28.2 Å². The van der Waals surface area contributed by atoms with Gasteiger partial charge in [-0.15, -0.1) is 0 Å². The highest BCUT2D eigenvalue weighted by atomic mass is 15.0. The average Bonchev–Trinajstić information content (AvgIpc) is 3.99. The summed E-state index contributed by atoms with van der Waals surface area (Å²) in [6.07, 6.45) is 29.9. The number of hydrogen-bond acceptors (Lipinski definition) is 3. The fourth-order valence-electron chi connectivity index (χ4n) is 7.45. The summed E-state index contributed by atoms with van der Waals surface area (Å²) in [5, 5.41) is 3.95. The first-order valence-electron chi connectivity index (χ1n) is 17.6. The van der Waals surface area contributed by atoms with Crippen LogP contribution in [0, 0.1) is 0 Å². The van der Waals surface area contributed by atoms with Crippen molar-refractivity contribution in [1.82, 2.24) is 10.3 Å². The topological polar surface area (TPSA) is 68.1 Å². The summed E-state index contributed by atoms with van der Waals surface area (Å²) in [6, 6.07) is 21.7. The Morgan fingerprint density at radius 1 is 0.500 bits per heavy atom. The van der Waals surface area contributed by atoms with E-state index in [1.807, 2.05) is 21.1 Å².